The second kappa shape index (κ2) is 5.26. The zero-order chi connectivity index (χ0) is 14.1. The Labute approximate surface area is 124 Å². The molecule has 4 nitrogen and oxygen atoms in total. The van der Waals surface area contributed by atoms with Gasteiger partial charge in [0.25, 0.3) is 5.91 Å². The fourth-order valence-electron chi connectivity index (χ4n) is 2.15. The van der Waals surface area contributed by atoms with Crippen LogP contribution in [0.3, 0.4) is 0 Å². The Morgan fingerprint density at radius 1 is 1.25 bits per heavy atom. The van der Waals surface area contributed by atoms with Gasteiger partial charge in [0.15, 0.2) is 6.61 Å². The van der Waals surface area contributed by atoms with E-state index in [-0.39, 0.29) is 12.5 Å². The summed E-state index contributed by atoms with van der Waals surface area (Å²) in [5.74, 6) is 0.428. The van der Waals surface area contributed by atoms with Crippen LogP contribution in [0.1, 0.15) is 17.2 Å². The highest BCUT2D eigenvalue weighted by Gasteiger charge is 2.19. The van der Waals surface area contributed by atoms with E-state index in [9.17, 15) is 9.90 Å². The highest BCUT2D eigenvalue weighted by atomic mass is 79.9. The maximum Gasteiger partial charge on any atom is 0.262 e. The van der Waals surface area contributed by atoms with Crippen molar-refractivity contribution >= 4 is 27.5 Å². The summed E-state index contributed by atoms with van der Waals surface area (Å²) in [4.78, 5) is 11.3. The maximum absolute atomic E-state index is 11.3. The summed E-state index contributed by atoms with van der Waals surface area (Å²) in [6.07, 6.45) is -0.769. The predicted octanol–water partition coefficient (Wildman–Crippen LogP) is 2.86. The van der Waals surface area contributed by atoms with Crippen molar-refractivity contribution in [3.63, 3.8) is 0 Å². The summed E-state index contributed by atoms with van der Waals surface area (Å²) in [6.45, 7) is 0.0269. The Bertz CT molecular complexity index is 672. The van der Waals surface area contributed by atoms with Gasteiger partial charge in [-0.2, -0.15) is 0 Å². The number of fused-ring (bicyclic) bond motifs is 1. The van der Waals surface area contributed by atoms with E-state index in [0.29, 0.717) is 17.0 Å². The summed E-state index contributed by atoms with van der Waals surface area (Å²) in [5, 5.41) is 13.2. The van der Waals surface area contributed by atoms with Gasteiger partial charge in [0, 0.05) is 4.47 Å². The van der Waals surface area contributed by atoms with E-state index in [0.717, 1.165) is 10.0 Å². The third kappa shape index (κ3) is 2.42. The zero-order valence-corrected chi connectivity index (χ0v) is 12.1. The van der Waals surface area contributed by atoms with Crippen LogP contribution in [0.5, 0.6) is 5.75 Å². The van der Waals surface area contributed by atoms with E-state index in [1.165, 1.54) is 0 Å². The Balaban J connectivity index is 1.97. The molecule has 0 spiro atoms. The van der Waals surface area contributed by atoms with Crippen LogP contribution in [-0.2, 0) is 4.79 Å². The monoisotopic (exact) mass is 333 g/mol. The van der Waals surface area contributed by atoms with Crippen LogP contribution < -0.4 is 10.1 Å². The first-order valence-electron chi connectivity index (χ1n) is 6.14. The van der Waals surface area contributed by atoms with E-state index in [1.807, 2.05) is 24.3 Å². The van der Waals surface area contributed by atoms with Crippen LogP contribution >= 0.6 is 15.9 Å². The molecule has 102 valence electrons. The second-order valence-electron chi connectivity index (χ2n) is 4.52. The van der Waals surface area contributed by atoms with Gasteiger partial charge in [0.2, 0.25) is 0 Å². The topological polar surface area (TPSA) is 58.6 Å². The normalized spacial score (nSPS) is 15.0. The largest absolute Gasteiger partial charge is 0.482 e. The van der Waals surface area contributed by atoms with Gasteiger partial charge in [-0.1, -0.05) is 40.2 Å². The molecule has 2 aromatic rings. The Morgan fingerprint density at radius 3 is 2.85 bits per heavy atom. The Hall–Kier alpha value is -1.85. The molecule has 2 N–H and O–H groups in total. The molecule has 2 aromatic carbocycles. The first kappa shape index (κ1) is 13.1. The maximum atomic E-state index is 11.3. The summed E-state index contributed by atoms with van der Waals surface area (Å²) in [7, 11) is 0. The molecule has 0 bridgehead atoms. The van der Waals surface area contributed by atoms with Crippen LogP contribution in [0.25, 0.3) is 0 Å². The molecule has 0 fully saturated rings. The fraction of sp³-hybridized carbons (Fsp3) is 0.133. The van der Waals surface area contributed by atoms with Crippen molar-refractivity contribution in [2.45, 2.75) is 6.10 Å². The van der Waals surface area contributed by atoms with Crippen molar-refractivity contribution < 1.29 is 14.6 Å². The summed E-state index contributed by atoms with van der Waals surface area (Å²) in [5.41, 5.74) is 2.06. The highest BCUT2D eigenvalue weighted by Crippen LogP contribution is 2.34. The summed E-state index contributed by atoms with van der Waals surface area (Å²) >= 11 is 3.42. The van der Waals surface area contributed by atoms with E-state index in [4.69, 9.17) is 4.74 Å². The number of aliphatic hydroxyl groups excluding tert-OH is 1. The van der Waals surface area contributed by atoms with Crippen LogP contribution in [0.2, 0.25) is 0 Å². The van der Waals surface area contributed by atoms with Gasteiger partial charge in [-0.3, -0.25) is 4.79 Å². The summed E-state index contributed by atoms with van der Waals surface area (Å²) in [6, 6.07) is 12.8. The van der Waals surface area contributed by atoms with Crippen molar-refractivity contribution in [2.24, 2.45) is 0 Å². The van der Waals surface area contributed by atoms with Crippen LogP contribution in [0.15, 0.2) is 46.9 Å². The lowest BCUT2D eigenvalue weighted by molar-refractivity contribution is -0.118. The molecule has 0 aliphatic carbocycles. The van der Waals surface area contributed by atoms with Crippen molar-refractivity contribution in [1.82, 2.24) is 0 Å². The van der Waals surface area contributed by atoms with Crippen LogP contribution in [-0.4, -0.2) is 17.6 Å². The number of hydrogen-bond acceptors (Lipinski definition) is 3. The second-order valence-corrected chi connectivity index (χ2v) is 5.37. The quantitative estimate of drug-likeness (QED) is 0.888. The molecule has 0 aromatic heterocycles. The Morgan fingerprint density at radius 2 is 2.05 bits per heavy atom. The standard InChI is InChI=1S/C15H12BrNO3/c16-11-4-2-1-3-10(11)15(19)9-5-6-13-12(7-9)17-14(18)8-20-13/h1-7,15,19H,8H2,(H,17,18). The third-order valence-corrected chi connectivity index (χ3v) is 3.87. The summed E-state index contributed by atoms with van der Waals surface area (Å²) < 4.78 is 6.14. The van der Waals surface area contributed by atoms with Crippen LogP contribution in [0.4, 0.5) is 5.69 Å². The average Bonchev–Trinajstić information content (AvgIpc) is 2.46. The van der Waals surface area contributed by atoms with E-state index in [1.54, 1.807) is 18.2 Å². The minimum Gasteiger partial charge on any atom is -0.482 e. The molecule has 1 heterocycles. The fourth-order valence-corrected chi connectivity index (χ4v) is 2.65. The molecule has 5 heteroatoms. The molecular weight excluding hydrogens is 322 g/mol. The van der Waals surface area contributed by atoms with E-state index < -0.39 is 6.10 Å². The van der Waals surface area contributed by atoms with Crippen molar-refractivity contribution in [1.29, 1.82) is 0 Å². The lowest BCUT2D eigenvalue weighted by Crippen LogP contribution is -2.25. The zero-order valence-electron chi connectivity index (χ0n) is 10.5. The molecule has 1 amide bonds. The molecule has 0 saturated carbocycles. The third-order valence-electron chi connectivity index (χ3n) is 3.15. The number of benzene rings is 2. The number of carbonyl (C=O) groups excluding carboxylic acids is 1. The Kier molecular flexibility index (Phi) is 3.46. The number of hydrogen-bond donors (Lipinski definition) is 2. The number of anilines is 1. The number of aliphatic hydroxyl groups is 1. The number of halogens is 1. The number of amides is 1. The lowest BCUT2D eigenvalue weighted by atomic mass is 10.0. The molecule has 0 radical (unpaired) electrons. The van der Waals surface area contributed by atoms with Crippen molar-refractivity contribution in [3.8, 4) is 5.75 Å². The van der Waals surface area contributed by atoms with Crippen molar-refractivity contribution in [2.75, 3.05) is 11.9 Å². The minimum atomic E-state index is -0.769. The van der Waals surface area contributed by atoms with Gasteiger partial charge in [0.1, 0.15) is 11.9 Å². The molecule has 1 atom stereocenters. The number of ether oxygens (including phenoxy) is 1. The number of carbonyl (C=O) groups is 1. The van der Waals surface area contributed by atoms with Gasteiger partial charge in [-0.15, -0.1) is 0 Å². The lowest BCUT2D eigenvalue weighted by Gasteiger charge is -2.20. The average molecular weight is 334 g/mol. The molecule has 0 saturated heterocycles. The minimum absolute atomic E-state index is 0.0269. The molecule has 1 aliphatic rings. The van der Waals surface area contributed by atoms with Gasteiger partial charge < -0.3 is 15.2 Å². The number of nitrogens with one attached hydrogen (secondary N) is 1. The van der Waals surface area contributed by atoms with E-state index >= 15 is 0 Å². The van der Waals surface area contributed by atoms with Gasteiger partial charge in [-0.05, 0) is 29.3 Å². The predicted molar refractivity (Wildman–Crippen MR) is 78.8 cm³/mol. The number of rotatable bonds is 2. The van der Waals surface area contributed by atoms with Crippen LogP contribution in [0, 0.1) is 0 Å². The molecule has 3 rings (SSSR count). The molecule has 20 heavy (non-hydrogen) atoms. The van der Waals surface area contributed by atoms with Gasteiger partial charge in [0.05, 0.1) is 5.69 Å². The smallest absolute Gasteiger partial charge is 0.262 e. The molecule has 1 aliphatic heterocycles. The van der Waals surface area contributed by atoms with Gasteiger partial charge in [-0.25, -0.2) is 0 Å². The molecule has 1 unspecified atom stereocenters. The highest BCUT2D eigenvalue weighted by molar-refractivity contribution is 9.10. The first-order valence-corrected chi connectivity index (χ1v) is 6.93. The first-order chi connectivity index (χ1) is 9.65. The molecular formula is C15H12BrNO3. The van der Waals surface area contributed by atoms with E-state index in [2.05, 4.69) is 21.2 Å². The van der Waals surface area contributed by atoms with Crippen molar-refractivity contribution in [3.05, 3.63) is 58.1 Å². The SMILES string of the molecule is O=C1COc2ccc(C(O)c3ccccc3Br)cc2N1. The van der Waals surface area contributed by atoms with Gasteiger partial charge >= 0.3 is 0 Å².